The summed E-state index contributed by atoms with van der Waals surface area (Å²) in [5, 5.41) is 15.1. The molecule has 3 saturated heterocycles. The highest BCUT2D eigenvalue weighted by atomic mass is 19.1. The van der Waals surface area contributed by atoms with Crippen molar-refractivity contribution in [2.24, 2.45) is 0 Å². The molecule has 41 heavy (non-hydrogen) atoms. The summed E-state index contributed by atoms with van der Waals surface area (Å²) in [5.41, 5.74) is 1.32. The van der Waals surface area contributed by atoms with Gasteiger partial charge in [0.05, 0.1) is 36.1 Å². The van der Waals surface area contributed by atoms with Gasteiger partial charge in [-0.05, 0) is 55.3 Å². The molecule has 2 N–H and O–H groups in total. The lowest BCUT2D eigenvalue weighted by molar-refractivity contribution is 0.0996. The van der Waals surface area contributed by atoms with Crippen molar-refractivity contribution in [1.82, 2.24) is 14.9 Å². The maximum Gasteiger partial charge on any atom is 0.318 e. The van der Waals surface area contributed by atoms with Gasteiger partial charge in [-0.25, -0.2) is 8.78 Å². The smallest absolute Gasteiger partial charge is 0.318 e. The molecule has 216 valence electrons. The molecule has 1 aromatic heterocycles. The Morgan fingerprint density at radius 2 is 2.17 bits per heavy atom. The first-order valence-electron chi connectivity index (χ1n) is 14.4. The van der Waals surface area contributed by atoms with Crippen molar-refractivity contribution in [3.63, 3.8) is 0 Å². The second-order valence-electron chi connectivity index (χ2n) is 11.6. The standard InChI is InChI=1S/C30H33F2N5O4/c1-2-21-22(32)5-4-17-10-20(38)11-24(25(17)21)37-14-23-26(28(37)39)27(33-19-6-9-40-15-19)35-29(34-23)41-16-30-7-3-8-36(30)13-18(31)12-30/h4-5,10-11,18-19,38H,2-3,6-9,12-16H2,1H3,(H,33,34,35). The number of rotatable bonds is 7. The van der Waals surface area contributed by atoms with Gasteiger partial charge in [-0.1, -0.05) is 13.0 Å². The zero-order valence-corrected chi connectivity index (χ0v) is 23.0. The Balaban J connectivity index is 1.26. The molecule has 0 saturated carbocycles. The van der Waals surface area contributed by atoms with Gasteiger partial charge in [0.25, 0.3) is 5.91 Å². The number of hydrogen-bond acceptors (Lipinski definition) is 8. The van der Waals surface area contributed by atoms with Crippen LogP contribution in [0.25, 0.3) is 10.8 Å². The topological polar surface area (TPSA) is 100 Å². The summed E-state index contributed by atoms with van der Waals surface area (Å²) < 4.78 is 40.9. The lowest BCUT2D eigenvalue weighted by Crippen LogP contribution is -2.43. The van der Waals surface area contributed by atoms with E-state index in [4.69, 9.17) is 9.47 Å². The Morgan fingerprint density at radius 3 is 2.98 bits per heavy atom. The van der Waals surface area contributed by atoms with Crippen LogP contribution in [0.3, 0.4) is 0 Å². The van der Waals surface area contributed by atoms with Crippen LogP contribution in [-0.2, 0) is 17.7 Å². The van der Waals surface area contributed by atoms with Gasteiger partial charge in [-0.3, -0.25) is 9.69 Å². The summed E-state index contributed by atoms with van der Waals surface area (Å²) in [6.07, 6.45) is 2.59. The van der Waals surface area contributed by atoms with E-state index in [2.05, 4.69) is 20.2 Å². The molecule has 11 heteroatoms. The van der Waals surface area contributed by atoms with E-state index < -0.39 is 6.17 Å². The average Bonchev–Trinajstić information content (AvgIpc) is 3.72. The van der Waals surface area contributed by atoms with Gasteiger partial charge in [0, 0.05) is 31.0 Å². The van der Waals surface area contributed by atoms with Crippen molar-refractivity contribution in [1.29, 1.82) is 0 Å². The van der Waals surface area contributed by atoms with Crippen LogP contribution in [0.4, 0.5) is 20.3 Å². The minimum atomic E-state index is -0.874. The largest absolute Gasteiger partial charge is 0.508 e. The second kappa shape index (κ2) is 10.1. The Labute approximate surface area is 236 Å². The van der Waals surface area contributed by atoms with E-state index in [0.29, 0.717) is 71.7 Å². The van der Waals surface area contributed by atoms with E-state index in [1.165, 1.54) is 17.0 Å². The van der Waals surface area contributed by atoms with Crippen LogP contribution in [0.2, 0.25) is 0 Å². The monoisotopic (exact) mass is 565 g/mol. The Morgan fingerprint density at radius 1 is 1.29 bits per heavy atom. The number of phenolic OH excluding ortho intramolecular Hbond substituents is 1. The number of aromatic hydroxyl groups is 1. The Kier molecular flexibility index (Phi) is 6.46. The molecule has 0 radical (unpaired) electrons. The first-order valence-corrected chi connectivity index (χ1v) is 14.4. The number of aromatic nitrogens is 2. The van der Waals surface area contributed by atoms with Crippen LogP contribution in [-0.4, -0.2) is 76.5 Å². The summed E-state index contributed by atoms with van der Waals surface area (Å²) >= 11 is 0. The Bertz CT molecular complexity index is 1530. The predicted molar refractivity (Wildman–Crippen MR) is 149 cm³/mol. The molecule has 9 nitrogen and oxygen atoms in total. The van der Waals surface area contributed by atoms with Crippen molar-refractivity contribution in [2.45, 2.75) is 63.3 Å². The van der Waals surface area contributed by atoms with Crippen LogP contribution in [0, 0.1) is 5.82 Å². The van der Waals surface area contributed by atoms with Gasteiger partial charge in [0.15, 0.2) is 0 Å². The number of carbonyl (C=O) groups excluding carboxylic acids is 1. The number of hydrogen-bond donors (Lipinski definition) is 2. The van der Waals surface area contributed by atoms with Crippen LogP contribution in [0.5, 0.6) is 11.8 Å². The van der Waals surface area contributed by atoms with Crippen molar-refractivity contribution in [3.05, 3.63) is 46.9 Å². The molecule has 2 aromatic carbocycles. The Hall–Kier alpha value is -3.57. The third-order valence-electron chi connectivity index (χ3n) is 9.01. The summed E-state index contributed by atoms with van der Waals surface area (Å²) in [6, 6.07) is 6.15. The molecule has 7 rings (SSSR count). The summed E-state index contributed by atoms with van der Waals surface area (Å²) in [6.45, 7) is 4.60. The van der Waals surface area contributed by atoms with Crippen LogP contribution < -0.4 is 15.0 Å². The number of anilines is 2. The van der Waals surface area contributed by atoms with E-state index in [1.54, 1.807) is 12.1 Å². The molecule has 3 fully saturated rings. The number of halogens is 2. The van der Waals surface area contributed by atoms with Gasteiger partial charge < -0.3 is 24.8 Å². The maximum absolute atomic E-state index is 14.9. The number of ether oxygens (including phenoxy) is 2. The quantitative estimate of drug-likeness (QED) is 0.436. The van der Waals surface area contributed by atoms with E-state index in [9.17, 15) is 18.7 Å². The number of carbonyl (C=O) groups is 1. The number of fused-ring (bicyclic) bond motifs is 3. The molecule has 1 amide bonds. The number of alkyl halides is 1. The minimum Gasteiger partial charge on any atom is -0.508 e. The van der Waals surface area contributed by atoms with Crippen LogP contribution in [0.1, 0.15) is 54.2 Å². The van der Waals surface area contributed by atoms with Gasteiger partial charge >= 0.3 is 6.01 Å². The molecule has 0 bridgehead atoms. The average molecular weight is 566 g/mol. The molecule has 5 heterocycles. The minimum absolute atomic E-state index is 0.0235. The molecule has 4 aliphatic heterocycles. The summed E-state index contributed by atoms with van der Waals surface area (Å²) in [5.74, 6) is -0.375. The number of nitrogens with one attached hydrogen (secondary N) is 1. The van der Waals surface area contributed by atoms with Crippen molar-refractivity contribution < 1.29 is 28.2 Å². The summed E-state index contributed by atoms with van der Waals surface area (Å²) in [7, 11) is 0. The number of amides is 1. The fourth-order valence-electron chi connectivity index (χ4n) is 7.07. The van der Waals surface area contributed by atoms with Gasteiger partial charge in [-0.15, -0.1) is 0 Å². The first-order chi connectivity index (χ1) is 19.8. The molecular formula is C30H33F2N5O4. The third-order valence-corrected chi connectivity index (χ3v) is 9.01. The van der Waals surface area contributed by atoms with E-state index >= 15 is 0 Å². The lowest BCUT2D eigenvalue weighted by atomic mass is 9.95. The number of benzene rings is 2. The normalized spacial score (nSPS) is 25.7. The van der Waals surface area contributed by atoms with E-state index in [1.807, 2.05) is 6.92 Å². The third kappa shape index (κ3) is 4.46. The molecule has 3 aromatic rings. The SMILES string of the molecule is CCc1c(F)ccc2cc(O)cc(N3Cc4nc(OCC56CCCN5CC(F)C6)nc(NC5CCOC5)c4C3=O)c12. The lowest BCUT2D eigenvalue weighted by Gasteiger charge is -2.30. The zero-order chi connectivity index (χ0) is 28.3. The van der Waals surface area contributed by atoms with Crippen molar-refractivity contribution in [3.8, 4) is 11.8 Å². The molecule has 0 aliphatic carbocycles. The number of phenols is 1. The zero-order valence-electron chi connectivity index (χ0n) is 23.0. The highest BCUT2D eigenvalue weighted by Gasteiger charge is 2.49. The van der Waals surface area contributed by atoms with Gasteiger partial charge in [-0.2, -0.15) is 9.97 Å². The molecule has 3 atom stereocenters. The fraction of sp³-hybridized carbons (Fsp3) is 0.500. The highest BCUT2D eigenvalue weighted by molar-refractivity contribution is 6.16. The molecule has 4 aliphatic rings. The van der Waals surface area contributed by atoms with Gasteiger partial charge in [0.1, 0.15) is 35.7 Å². The van der Waals surface area contributed by atoms with E-state index in [-0.39, 0.29) is 48.2 Å². The first kappa shape index (κ1) is 26.3. The molecule has 3 unspecified atom stereocenters. The van der Waals surface area contributed by atoms with Crippen LogP contribution >= 0.6 is 0 Å². The molecular weight excluding hydrogens is 532 g/mol. The maximum atomic E-state index is 14.9. The predicted octanol–water partition coefficient (Wildman–Crippen LogP) is 4.35. The second-order valence-corrected chi connectivity index (χ2v) is 11.6. The highest BCUT2D eigenvalue weighted by Crippen LogP contribution is 2.42. The number of nitrogens with zero attached hydrogens (tertiary/aromatic N) is 4. The number of aryl methyl sites for hydroxylation is 1. The van der Waals surface area contributed by atoms with Crippen molar-refractivity contribution in [2.75, 3.05) is 43.1 Å². The summed E-state index contributed by atoms with van der Waals surface area (Å²) in [4.78, 5) is 27.0. The van der Waals surface area contributed by atoms with Gasteiger partial charge in [0.2, 0.25) is 0 Å². The fourth-order valence-corrected chi connectivity index (χ4v) is 7.07. The van der Waals surface area contributed by atoms with Crippen LogP contribution in [0.15, 0.2) is 24.3 Å². The van der Waals surface area contributed by atoms with E-state index in [0.717, 1.165) is 25.8 Å². The van der Waals surface area contributed by atoms with Crippen molar-refractivity contribution >= 4 is 28.2 Å². The molecule has 0 spiro atoms.